The summed E-state index contributed by atoms with van der Waals surface area (Å²) >= 11 is 2.76. The summed E-state index contributed by atoms with van der Waals surface area (Å²) in [7, 11) is 1.38. The topological polar surface area (TPSA) is 125 Å². The van der Waals surface area contributed by atoms with Crippen LogP contribution in [0.15, 0.2) is 59.3 Å². The summed E-state index contributed by atoms with van der Waals surface area (Å²) in [5, 5.41) is 25.9. The van der Waals surface area contributed by atoms with E-state index in [1.54, 1.807) is 22.1 Å². The van der Waals surface area contributed by atoms with Crippen molar-refractivity contribution in [2.45, 2.75) is 12.1 Å². The number of hydrogen-bond acceptors (Lipinski definition) is 9. The predicted octanol–water partition coefficient (Wildman–Crippen LogP) is 4.96. The Hall–Kier alpha value is -4.03. The van der Waals surface area contributed by atoms with Crippen molar-refractivity contribution in [1.82, 2.24) is 19.6 Å². The molecule has 12 heteroatoms. The number of thiophene rings is 1. The second kappa shape index (κ2) is 9.31. The van der Waals surface area contributed by atoms with Crippen LogP contribution in [0.3, 0.4) is 0 Å². The van der Waals surface area contributed by atoms with Gasteiger partial charge in [0.05, 0.1) is 34.9 Å². The average molecular weight is 507 g/mol. The first-order valence-electron chi connectivity index (χ1n) is 10.4. The first-order chi connectivity index (χ1) is 16.9. The molecule has 2 aromatic carbocycles. The van der Waals surface area contributed by atoms with Crippen molar-refractivity contribution in [3.8, 4) is 16.9 Å². The second-order valence-electron chi connectivity index (χ2n) is 7.59. The number of nitrogens with zero attached hydrogens (tertiary/aromatic N) is 5. The Morgan fingerprint density at radius 3 is 2.77 bits per heavy atom. The van der Waals surface area contributed by atoms with Gasteiger partial charge in [0.25, 0.3) is 5.69 Å². The number of ether oxygens (including phenoxy) is 1. The van der Waals surface area contributed by atoms with Crippen LogP contribution in [-0.4, -0.2) is 43.3 Å². The molecule has 1 N–H and O–H groups in total. The SMILES string of the molecule is COc1cc([N+](=O)[O-])ccc1NC(=O)CSc1nnc2c3c(-c4ccc(C)cc4)csc3ncn12. The third-order valence-electron chi connectivity index (χ3n) is 5.32. The van der Waals surface area contributed by atoms with E-state index in [1.807, 2.05) is 6.92 Å². The third-order valence-corrected chi connectivity index (χ3v) is 7.14. The fourth-order valence-electron chi connectivity index (χ4n) is 3.58. The second-order valence-corrected chi connectivity index (χ2v) is 9.40. The number of carbonyl (C=O) groups is 1. The normalized spacial score (nSPS) is 11.1. The minimum atomic E-state index is -0.525. The molecule has 0 unspecified atom stereocenters. The minimum absolute atomic E-state index is 0.0490. The molecule has 0 aliphatic heterocycles. The Kier molecular flexibility index (Phi) is 6.05. The summed E-state index contributed by atoms with van der Waals surface area (Å²) < 4.78 is 6.95. The van der Waals surface area contributed by atoms with Gasteiger partial charge in [0.2, 0.25) is 5.91 Å². The molecule has 35 heavy (non-hydrogen) atoms. The molecule has 0 bridgehead atoms. The van der Waals surface area contributed by atoms with Gasteiger partial charge in [-0.25, -0.2) is 4.98 Å². The summed E-state index contributed by atoms with van der Waals surface area (Å²) in [6, 6.07) is 12.3. The monoisotopic (exact) mass is 506 g/mol. The van der Waals surface area contributed by atoms with Crippen molar-refractivity contribution in [3.63, 3.8) is 0 Å². The van der Waals surface area contributed by atoms with Crippen LogP contribution in [0.25, 0.3) is 27.0 Å². The van der Waals surface area contributed by atoms with E-state index in [0.717, 1.165) is 21.3 Å². The smallest absolute Gasteiger partial charge is 0.273 e. The third kappa shape index (κ3) is 4.40. The van der Waals surface area contributed by atoms with Gasteiger partial charge in [-0.05, 0) is 18.6 Å². The van der Waals surface area contributed by atoms with Gasteiger partial charge < -0.3 is 10.1 Å². The number of aryl methyl sites for hydroxylation is 1. The molecule has 5 aromatic rings. The van der Waals surface area contributed by atoms with Gasteiger partial charge in [-0.2, -0.15) is 0 Å². The summed E-state index contributed by atoms with van der Waals surface area (Å²) in [5.41, 5.74) is 4.19. The Balaban J connectivity index is 1.37. The number of nitro groups is 1. The van der Waals surface area contributed by atoms with Crippen molar-refractivity contribution < 1.29 is 14.5 Å². The molecule has 0 aliphatic rings. The predicted molar refractivity (Wildman–Crippen MR) is 135 cm³/mol. The van der Waals surface area contributed by atoms with Crippen LogP contribution < -0.4 is 10.1 Å². The van der Waals surface area contributed by atoms with Crippen LogP contribution in [0.4, 0.5) is 11.4 Å². The Bertz CT molecular complexity index is 1580. The van der Waals surface area contributed by atoms with Crippen LogP contribution >= 0.6 is 23.1 Å². The van der Waals surface area contributed by atoms with Gasteiger partial charge in [-0.1, -0.05) is 41.6 Å². The minimum Gasteiger partial charge on any atom is -0.494 e. The van der Waals surface area contributed by atoms with Gasteiger partial charge in [0, 0.05) is 17.0 Å². The fraction of sp³-hybridized carbons (Fsp3) is 0.130. The Labute approximate surface area is 207 Å². The van der Waals surface area contributed by atoms with E-state index in [4.69, 9.17) is 4.74 Å². The van der Waals surface area contributed by atoms with Crippen molar-refractivity contribution >= 4 is 56.2 Å². The molecule has 0 fully saturated rings. The lowest BCUT2D eigenvalue weighted by Crippen LogP contribution is -2.15. The zero-order chi connectivity index (χ0) is 24.5. The van der Waals surface area contributed by atoms with Crippen LogP contribution in [0, 0.1) is 17.0 Å². The zero-order valence-electron chi connectivity index (χ0n) is 18.6. The van der Waals surface area contributed by atoms with Crippen molar-refractivity contribution in [2.24, 2.45) is 0 Å². The van der Waals surface area contributed by atoms with E-state index < -0.39 is 4.92 Å². The highest BCUT2D eigenvalue weighted by atomic mass is 32.2. The summed E-state index contributed by atoms with van der Waals surface area (Å²) in [4.78, 5) is 28.4. The number of amides is 1. The van der Waals surface area contributed by atoms with Crippen LogP contribution in [-0.2, 0) is 4.79 Å². The number of nitro benzene ring substituents is 1. The highest BCUT2D eigenvalue weighted by molar-refractivity contribution is 7.99. The lowest BCUT2D eigenvalue weighted by Gasteiger charge is -2.09. The van der Waals surface area contributed by atoms with Crippen LogP contribution in [0.5, 0.6) is 5.75 Å². The number of benzene rings is 2. The number of fused-ring (bicyclic) bond motifs is 3. The van der Waals surface area contributed by atoms with Gasteiger partial charge in [0.1, 0.15) is 16.9 Å². The zero-order valence-corrected chi connectivity index (χ0v) is 20.2. The number of nitrogens with one attached hydrogen (secondary N) is 1. The number of non-ortho nitro benzene ring substituents is 1. The largest absolute Gasteiger partial charge is 0.494 e. The van der Waals surface area contributed by atoms with E-state index in [9.17, 15) is 14.9 Å². The molecule has 0 spiro atoms. The lowest BCUT2D eigenvalue weighted by atomic mass is 10.0. The Morgan fingerprint density at radius 1 is 1.23 bits per heavy atom. The highest BCUT2D eigenvalue weighted by Gasteiger charge is 2.18. The number of anilines is 1. The Morgan fingerprint density at radius 2 is 2.03 bits per heavy atom. The molecule has 0 aliphatic carbocycles. The molecule has 10 nitrogen and oxygen atoms in total. The molecule has 0 saturated carbocycles. The number of carbonyl (C=O) groups excluding carboxylic acids is 1. The fourth-order valence-corrected chi connectivity index (χ4v) is 5.19. The van der Waals surface area contributed by atoms with E-state index in [2.05, 4.69) is 50.1 Å². The molecular weight excluding hydrogens is 488 g/mol. The maximum absolute atomic E-state index is 12.6. The number of methoxy groups -OCH3 is 1. The maximum atomic E-state index is 12.6. The number of hydrogen-bond donors (Lipinski definition) is 1. The maximum Gasteiger partial charge on any atom is 0.273 e. The van der Waals surface area contributed by atoms with E-state index in [1.165, 1.54) is 42.6 Å². The molecular formula is C23H18N6O4S2. The first-order valence-corrected chi connectivity index (χ1v) is 12.2. The average Bonchev–Trinajstić information content (AvgIpc) is 3.47. The summed E-state index contributed by atoms with van der Waals surface area (Å²) in [6.45, 7) is 2.05. The molecule has 176 valence electrons. The van der Waals surface area contributed by atoms with Crippen molar-refractivity contribution in [2.75, 3.05) is 18.2 Å². The van der Waals surface area contributed by atoms with E-state index in [0.29, 0.717) is 16.5 Å². The number of rotatable bonds is 7. The van der Waals surface area contributed by atoms with E-state index >= 15 is 0 Å². The number of thioether (sulfide) groups is 1. The lowest BCUT2D eigenvalue weighted by molar-refractivity contribution is -0.384. The van der Waals surface area contributed by atoms with Crippen molar-refractivity contribution in [1.29, 1.82) is 0 Å². The summed E-state index contributed by atoms with van der Waals surface area (Å²) in [6.07, 6.45) is 1.66. The molecule has 0 atom stereocenters. The molecule has 5 rings (SSSR count). The van der Waals surface area contributed by atoms with Crippen LogP contribution in [0.1, 0.15) is 5.56 Å². The quantitative estimate of drug-likeness (QED) is 0.187. The number of aromatic nitrogens is 4. The molecule has 0 radical (unpaired) electrons. The van der Waals surface area contributed by atoms with Gasteiger partial charge in [-0.15, -0.1) is 21.5 Å². The molecule has 0 saturated heterocycles. The van der Waals surface area contributed by atoms with Crippen LogP contribution in [0.2, 0.25) is 0 Å². The standard InChI is InChI=1S/C23H18N6O4S2/c1-13-3-5-14(6-4-13)16-10-34-22-20(16)21-26-27-23(28(21)12-24-22)35-11-19(30)25-17-8-7-15(29(31)32)9-18(17)33-2/h3-10,12H,11H2,1-2H3,(H,25,30). The van der Waals surface area contributed by atoms with Crippen molar-refractivity contribution in [3.05, 3.63) is 69.8 Å². The molecule has 1 amide bonds. The van der Waals surface area contributed by atoms with E-state index in [-0.39, 0.29) is 23.1 Å². The molecule has 3 aromatic heterocycles. The first kappa shape index (κ1) is 22.7. The van der Waals surface area contributed by atoms with Gasteiger partial charge in [0.15, 0.2) is 10.8 Å². The van der Waals surface area contributed by atoms with Gasteiger partial charge >= 0.3 is 0 Å². The highest BCUT2D eigenvalue weighted by Crippen LogP contribution is 2.36. The van der Waals surface area contributed by atoms with Gasteiger partial charge in [-0.3, -0.25) is 19.3 Å². The molecule has 3 heterocycles. The summed E-state index contributed by atoms with van der Waals surface area (Å²) in [5.74, 6) is -0.0602.